The van der Waals surface area contributed by atoms with E-state index in [2.05, 4.69) is 5.32 Å². The Labute approximate surface area is 149 Å². The lowest BCUT2D eigenvalue weighted by atomic mass is 10.2. The zero-order valence-corrected chi connectivity index (χ0v) is 14.4. The Morgan fingerprint density at radius 2 is 1.96 bits per heavy atom. The van der Waals surface area contributed by atoms with Crippen molar-refractivity contribution in [3.05, 3.63) is 63.2 Å². The molecule has 0 saturated heterocycles. The number of halogens is 1. The van der Waals surface area contributed by atoms with E-state index in [1.165, 1.54) is 17.0 Å². The topological polar surface area (TPSA) is 92.6 Å². The number of nitro groups is 1. The third-order valence-electron chi connectivity index (χ3n) is 3.48. The number of benzene rings is 2. The van der Waals surface area contributed by atoms with Gasteiger partial charge >= 0.3 is 11.8 Å². The lowest BCUT2D eigenvalue weighted by molar-refractivity contribution is -0.384. The Bertz CT molecular complexity index is 838. The number of nitrogens with one attached hydrogen (secondary N) is 1. The Hall–Kier alpha value is -2.93. The molecule has 2 rings (SSSR count). The van der Waals surface area contributed by atoms with E-state index in [9.17, 15) is 19.7 Å². The van der Waals surface area contributed by atoms with Crippen LogP contribution in [0.25, 0.3) is 0 Å². The molecule has 2 amide bonds. The number of anilines is 2. The van der Waals surface area contributed by atoms with Crippen LogP contribution in [0.3, 0.4) is 0 Å². The van der Waals surface area contributed by atoms with E-state index in [4.69, 9.17) is 11.6 Å². The molecule has 0 aliphatic carbocycles. The summed E-state index contributed by atoms with van der Waals surface area (Å²) in [7, 11) is 0. The number of hydrogen-bond acceptors (Lipinski definition) is 4. The molecule has 25 heavy (non-hydrogen) atoms. The summed E-state index contributed by atoms with van der Waals surface area (Å²) >= 11 is 5.94. The van der Waals surface area contributed by atoms with Crippen molar-refractivity contribution < 1.29 is 14.5 Å². The lowest BCUT2D eigenvalue weighted by Crippen LogP contribution is -2.39. The van der Waals surface area contributed by atoms with Crippen molar-refractivity contribution in [3.8, 4) is 0 Å². The van der Waals surface area contributed by atoms with Gasteiger partial charge in [0.2, 0.25) is 0 Å². The van der Waals surface area contributed by atoms with Crippen molar-refractivity contribution in [2.45, 2.75) is 13.8 Å². The molecule has 0 heterocycles. The summed E-state index contributed by atoms with van der Waals surface area (Å²) in [6, 6.07) is 10.8. The largest absolute Gasteiger partial charge is 0.316 e. The van der Waals surface area contributed by atoms with Gasteiger partial charge in [-0.25, -0.2) is 0 Å². The van der Waals surface area contributed by atoms with E-state index in [1.54, 1.807) is 25.1 Å². The number of hydrogen-bond donors (Lipinski definition) is 1. The third-order valence-corrected chi connectivity index (χ3v) is 3.81. The highest BCUT2D eigenvalue weighted by Gasteiger charge is 2.23. The summed E-state index contributed by atoms with van der Waals surface area (Å²) in [5, 5.41) is 13.3. The van der Waals surface area contributed by atoms with Gasteiger partial charge in [0.15, 0.2) is 0 Å². The normalized spacial score (nSPS) is 10.2. The molecule has 130 valence electrons. The van der Waals surface area contributed by atoms with Crippen molar-refractivity contribution >= 4 is 40.5 Å². The van der Waals surface area contributed by atoms with Crippen LogP contribution in [-0.4, -0.2) is 23.3 Å². The summed E-state index contributed by atoms with van der Waals surface area (Å²) in [5.41, 5.74) is 1.31. The van der Waals surface area contributed by atoms with Crippen molar-refractivity contribution in [2.75, 3.05) is 16.8 Å². The van der Waals surface area contributed by atoms with Crippen LogP contribution >= 0.6 is 11.6 Å². The minimum absolute atomic E-state index is 0.00881. The van der Waals surface area contributed by atoms with Gasteiger partial charge in [0.1, 0.15) is 0 Å². The molecule has 1 N–H and O–H groups in total. The lowest BCUT2D eigenvalue weighted by Gasteiger charge is -2.21. The molecule has 0 saturated carbocycles. The standard InChI is InChI=1S/C17H16ClN3O4/c1-3-20(12-6-4-5-11(2)9-12)17(23)16(22)19-15-10-13(21(24)25)7-8-14(15)18/h4-10H,3H2,1-2H3,(H,19,22). The molecule has 7 nitrogen and oxygen atoms in total. The predicted molar refractivity (Wildman–Crippen MR) is 95.9 cm³/mol. The first-order valence-electron chi connectivity index (χ1n) is 7.47. The van der Waals surface area contributed by atoms with Gasteiger partial charge in [0.25, 0.3) is 5.69 Å². The fourth-order valence-corrected chi connectivity index (χ4v) is 2.43. The van der Waals surface area contributed by atoms with Gasteiger partial charge in [-0.3, -0.25) is 19.7 Å². The minimum Gasteiger partial charge on any atom is -0.316 e. The smallest absolute Gasteiger partial charge is 0.316 e. The van der Waals surface area contributed by atoms with E-state index in [1.807, 2.05) is 13.0 Å². The fourth-order valence-electron chi connectivity index (χ4n) is 2.26. The number of rotatable bonds is 4. The van der Waals surface area contributed by atoms with Crippen LogP contribution < -0.4 is 10.2 Å². The Balaban J connectivity index is 2.23. The molecule has 0 aliphatic heterocycles. The van der Waals surface area contributed by atoms with Crippen molar-refractivity contribution in [2.24, 2.45) is 0 Å². The zero-order valence-electron chi connectivity index (χ0n) is 13.7. The number of aryl methyl sites for hydroxylation is 1. The number of nitro benzene ring substituents is 1. The van der Waals surface area contributed by atoms with Crippen molar-refractivity contribution in [1.29, 1.82) is 0 Å². The molecule has 0 radical (unpaired) electrons. The van der Waals surface area contributed by atoms with E-state index >= 15 is 0 Å². The van der Waals surface area contributed by atoms with E-state index in [0.29, 0.717) is 12.2 Å². The monoisotopic (exact) mass is 361 g/mol. The Morgan fingerprint density at radius 3 is 2.56 bits per heavy atom. The SMILES string of the molecule is CCN(C(=O)C(=O)Nc1cc([N+](=O)[O-])ccc1Cl)c1cccc(C)c1. The molecule has 0 fully saturated rings. The Kier molecular flexibility index (Phi) is 5.71. The quantitative estimate of drug-likeness (QED) is 0.512. The summed E-state index contributed by atoms with van der Waals surface area (Å²) in [6.45, 7) is 3.91. The number of amides is 2. The van der Waals surface area contributed by atoms with Crippen LogP contribution in [0.1, 0.15) is 12.5 Å². The van der Waals surface area contributed by atoms with E-state index < -0.39 is 16.7 Å². The van der Waals surface area contributed by atoms with Crippen LogP contribution in [0.5, 0.6) is 0 Å². The second-order valence-electron chi connectivity index (χ2n) is 5.26. The molecule has 0 aromatic heterocycles. The van der Waals surface area contributed by atoms with E-state index in [0.717, 1.165) is 11.6 Å². The number of nitrogens with zero attached hydrogens (tertiary/aromatic N) is 2. The predicted octanol–water partition coefficient (Wildman–Crippen LogP) is 3.55. The maximum Gasteiger partial charge on any atom is 0.316 e. The maximum atomic E-state index is 12.5. The van der Waals surface area contributed by atoms with Crippen LogP contribution in [0, 0.1) is 17.0 Å². The molecule has 0 spiro atoms. The van der Waals surface area contributed by atoms with Gasteiger partial charge in [-0.15, -0.1) is 0 Å². The molecular formula is C17H16ClN3O4. The number of carbonyl (C=O) groups is 2. The van der Waals surface area contributed by atoms with Gasteiger partial charge in [-0.05, 0) is 37.6 Å². The average Bonchev–Trinajstić information content (AvgIpc) is 2.57. The summed E-state index contributed by atoms with van der Waals surface area (Å²) in [6.07, 6.45) is 0. The Morgan fingerprint density at radius 1 is 1.24 bits per heavy atom. The highest BCUT2D eigenvalue weighted by atomic mass is 35.5. The van der Waals surface area contributed by atoms with Crippen LogP contribution in [0.15, 0.2) is 42.5 Å². The molecule has 2 aromatic rings. The number of non-ortho nitro benzene ring substituents is 1. The van der Waals surface area contributed by atoms with E-state index in [-0.39, 0.29) is 16.4 Å². The summed E-state index contributed by atoms with van der Waals surface area (Å²) in [4.78, 5) is 36.3. The first kappa shape index (κ1) is 18.4. The van der Waals surface area contributed by atoms with Gasteiger partial charge in [0, 0.05) is 24.4 Å². The summed E-state index contributed by atoms with van der Waals surface area (Å²) in [5.74, 6) is -1.71. The van der Waals surface area contributed by atoms with Crippen molar-refractivity contribution in [3.63, 3.8) is 0 Å². The third kappa shape index (κ3) is 4.33. The second kappa shape index (κ2) is 7.76. The first-order chi connectivity index (χ1) is 11.8. The van der Waals surface area contributed by atoms with Gasteiger partial charge in [-0.1, -0.05) is 23.7 Å². The number of likely N-dealkylation sites (N-methyl/N-ethyl adjacent to an activating group) is 1. The van der Waals surface area contributed by atoms with Gasteiger partial charge in [-0.2, -0.15) is 0 Å². The van der Waals surface area contributed by atoms with Crippen LogP contribution in [0.2, 0.25) is 5.02 Å². The maximum absolute atomic E-state index is 12.5. The van der Waals surface area contributed by atoms with Gasteiger partial charge < -0.3 is 10.2 Å². The second-order valence-corrected chi connectivity index (χ2v) is 5.67. The average molecular weight is 362 g/mol. The van der Waals surface area contributed by atoms with Crippen LogP contribution in [0.4, 0.5) is 17.1 Å². The fraction of sp³-hybridized carbons (Fsp3) is 0.176. The zero-order chi connectivity index (χ0) is 18.6. The highest BCUT2D eigenvalue weighted by Crippen LogP contribution is 2.27. The molecular weight excluding hydrogens is 346 g/mol. The molecule has 0 bridgehead atoms. The first-order valence-corrected chi connectivity index (χ1v) is 7.84. The van der Waals surface area contributed by atoms with Gasteiger partial charge in [0.05, 0.1) is 15.6 Å². The molecule has 0 unspecified atom stereocenters. The van der Waals surface area contributed by atoms with Crippen LogP contribution in [-0.2, 0) is 9.59 Å². The van der Waals surface area contributed by atoms with Crippen molar-refractivity contribution in [1.82, 2.24) is 0 Å². The highest BCUT2D eigenvalue weighted by molar-refractivity contribution is 6.45. The molecule has 2 aromatic carbocycles. The number of carbonyl (C=O) groups excluding carboxylic acids is 2. The molecule has 0 aliphatic rings. The summed E-state index contributed by atoms with van der Waals surface area (Å²) < 4.78 is 0. The molecule has 8 heteroatoms. The minimum atomic E-state index is -0.925. The molecule has 0 atom stereocenters.